The van der Waals surface area contributed by atoms with Crippen LogP contribution in [0.4, 0.5) is 4.79 Å². The highest BCUT2D eigenvalue weighted by atomic mass is 32.2. The summed E-state index contributed by atoms with van der Waals surface area (Å²) in [5.41, 5.74) is -0.125. The molecule has 2 N–H and O–H groups in total. The third-order valence-electron chi connectivity index (χ3n) is 4.35. The highest BCUT2D eigenvalue weighted by molar-refractivity contribution is 7.99. The normalized spacial score (nSPS) is 22.4. The van der Waals surface area contributed by atoms with E-state index in [1.54, 1.807) is 0 Å². The first kappa shape index (κ1) is 20.6. The molecule has 23 heavy (non-hydrogen) atoms. The van der Waals surface area contributed by atoms with Crippen LogP contribution in [0.3, 0.4) is 0 Å². The number of hydrogen-bond donors (Lipinski definition) is 2. The number of thioether (sulfide) groups is 1. The molecule has 4 nitrogen and oxygen atoms in total. The summed E-state index contributed by atoms with van der Waals surface area (Å²) < 4.78 is 5.34. The van der Waals surface area contributed by atoms with E-state index in [0.29, 0.717) is 24.0 Å². The summed E-state index contributed by atoms with van der Waals surface area (Å²) in [5, 5.41) is 6.74. The Labute approximate surface area is 146 Å². The van der Waals surface area contributed by atoms with Crippen molar-refractivity contribution >= 4 is 17.9 Å². The van der Waals surface area contributed by atoms with Gasteiger partial charge in [0.15, 0.2) is 0 Å². The van der Waals surface area contributed by atoms with Crippen molar-refractivity contribution in [3.63, 3.8) is 0 Å². The van der Waals surface area contributed by atoms with Crippen molar-refractivity contribution in [1.82, 2.24) is 10.6 Å². The predicted molar refractivity (Wildman–Crippen MR) is 100 cm³/mol. The molecule has 1 amide bonds. The molecule has 1 aliphatic rings. The van der Waals surface area contributed by atoms with Crippen molar-refractivity contribution in [3.05, 3.63) is 0 Å². The molecule has 136 valence electrons. The van der Waals surface area contributed by atoms with Gasteiger partial charge in [-0.05, 0) is 44.8 Å². The predicted octanol–water partition coefficient (Wildman–Crippen LogP) is 4.19. The molecule has 0 spiro atoms. The molecule has 1 aliphatic heterocycles. The molecule has 0 aromatic carbocycles. The van der Waals surface area contributed by atoms with Gasteiger partial charge in [0.25, 0.3) is 0 Å². The molecule has 5 heteroatoms. The van der Waals surface area contributed by atoms with Gasteiger partial charge in [0.1, 0.15) is 5.60 Å². The number of amides is 1. The van der Waals surface area contributed by atoms with E-state index in [9.17, 15) is 4.79 Å². The van der Waals surface area contributed by atoms with E-state index in [1.807, 2.05) is 32.5 Å². The Morgan fingerprint density at radius 1 is 1.39 bits per heavy atom. The van der Waals surface area contributed by atoms with Crippen LogP contribution in [0.2, 0.25) is 0 Å². The fourth-order valence-electron chi connectivity index (χ4n) is 2.71. The molecule has 0 radical (unpaired) electrons. The van der Waals surface area contributed by atoms with Crippen molar-refractivity contribution in [1.29, 1.82) is 0 Å². The maximum atomic E-state index is 11.9. The summed E-state index contributed by atoms with van der Waals surface area (Å²) in [4.78, 5) is 11.9. The number of hydrogen-bond acceptors (Lipinski definition) is 4. The first-order valence-corrected chi connectivity index (χ1v) is 10.1. The van der Waals surface area contributed by atoms with E-state index in [2.05, 4.69) is 31.4 Å². The van der Waals surface area contributed by atoms with Crippen molar-refractivity contribution in [2.24, 2.45) is 5.41 Å². The van der Waals surface area contributed by atoms with Crippen LogP contribution in [0.25, 0.3) is 0 Å². The Morgan fingerprint density at radius 3 is 2.65 bits per heavy atom. The summed E-state index contributed by atoms with van der Waals surface area (Å²) in [6.07, 6.45) is 4.36. The zero-order valence-electron chi connectivity index (χ0n) is 15.8. The Morgan fingerprint density at radius 2 is 2.09 bits per heavy atom. The summed E-state index contributed by atoms with van der Waals surface area (Å²) in [7, 11) is 0. The lowest BCUT2D eigenvalue weighted by Gasteiger charge is -2.41. The van der Waals surface area contributed by atoms with E-state index in [4.69, 9.17) is 4.74 Å². The quantitative estimate of drug-likeness (QED) is 0.727. The molecular formula is C18H36N2O2S. The van der Waals surface area contributed by atoms with E-state index in [0.717, 1.165) is 12.2 Å². The van der Waals surface area contributed by atoms with Gasteiger partial charge in [0.05, 0.1) is 0 Å². The minimum Gasteiger partial charge on any atom is -0.444 e. The van der Waals surface area contributed by atoms with Gasteiger partial charge in [-0.2, -0.15) is 11.8 Å². The van der Waals surface area contributed by atoms with Crippen LogP contribution < -0.4 is 10.6 Å². The minimum absolute atomic E-state index is 0.311. The maximum absolute atomic E-state index is 11.9. The molecule has 0 aromatic heterocycles. The van der Waals surface area contributed by atoms with Gasteiger partial charge in [0, 0.05) is 24.4 Å². The SMILES string of the molecule is CCCCC(CNC(=O)OC(C)(C)C)NC1CSCCC1(C)C. The number of carbonyl (C=O) groups excluding carboxylic acids is 1. The Kier molecular flexibility index (Phi) is 8.22. The summed E-state index contributed by atoms with van der Waals surface area (Å²) in [6.45, 7) is 13.2. The topological polar surface area (TPSA) is 50.4 Å². The smallest absolute Gasteiger partial charge is 0.407 e. The van der Waals surface area contributed by atoms with E-state index < -0.39 is 5.60 Å². The number of alkyl carbamates (subject to hydrolysis) is 1. The molecular weight excluding hydrogens is 308 g/mol. The van der Waals surface area contributed by atoms with Crippen LogP contribution >= 0.6 is 11.8 Å². The fraction of sp³-hybridized carbons (Fsp3) is 0.944. The average Bonchev–Trinajstić information content (AvgIpc) is 2.41. The molecule has 0 aliphatic carbocycles. The minimum atomic E-state index is -0.446. The van der Waals surface area contributed by atoms with Crippen LogP contribution in [0, 0.1) is 5.41 Å². The highest BCUT2D eigenvalue weighted by Gasteiger charge is 2.33. The van der Waals surface area contributed by atoms with E-state index in [-0.39, 0.29) is 6.09 Å². The fourth-order valence-corrected chi connectivity index (χ4v) is 4.33. The van der Waals surface area contributed by atoms with Gasteiger partial charge >= 0.3 is 6.09 Å². The lowest BCUT2D eigenvalue weighted by molar-refractivity contribution is 0.0519. The molecule has 0 bridgehead atoms. The van der Waals surface area contributed by atoms with Crippen molar-refractivity contribution < 1.29 is 9.53 Å². The average molecular weight is 345 g/mol. The van der Waals surface area contributed by atoms with Gasteiger partial charge in [0.2, 0.25) is 0 Å². The number of rotatable bonds is 7. The maximum Gasteiger partial charge on any atom is 0.407 e. The molecule has 1 heterocycles. The Balaban J connectivity index is 2.53. The number of unbranched alkanes of at least 4 members (excludes halogenated alkanes) is 1. The first-order chi connectivity index (χ1) is 10.6. The summed E-state index contributed by atoms with van der Waals surface area (Å²) >= 11 is 2.03. The Bertz CT molecular complexity index is 367. The summed E-state index contributed by atoms with van der Waals surface area (Å²) in [5.74, 6) is 2.41. The second kappa shape index (κ2) is 9.16. The van der Waals surface area contributed by atoms with Gasteiger partial charge in [-0.25, -0.2) is 4.79 Å². The number of carbonyl (C=O) groups is 1. The lowest BCUT2D eigenvalue weighted by atomic mass is 9.81. The van der Waals surface area contributed by atoms with E-state index >= 15 is 0 Å². The highest BCUT2D eigenvalue weighted by Crippen LogP contribution is 2.34. The molecule has 1 rings (SSSR count). The second-order valence-corrected chi connectivity index (χ2v) is 9.40. The zero-order chi connectivity index (χ0) is 17.5. The third kappa shape index (κ3) is 8.30. The molecule has 0 saturated carbocycles. The van der Waals surface area contributed by atoms with Gasteiger partial charge in [-0.1, -0.05) is 33.6 Å². The van der Waals surface area contributed by atoms with Crippen molar-refractivity contribution in [3.8, 4) is 0 Å². The van der Waals surface area contributed by atoms with Crippen molar-refractivity contribution in [2.75, 3.05) is 18.1 Å². The largest absolute Gasteiger partial charge is 0.444 e. The third-order valence-corrected chi connectivity index (χ3v) is 5.42. The molecule has 0 aromatic rings. The number of ether oxygens (including phenoxy) is 1. The summed E-state index contributed by atoms with van der Waals surface area (Å²) in [6, 6.07) is 0.814. The van der Waals surface area contributed by atoms with Crippen LogP contribution in [0.15, 0.2) is 0 Å². The molecule has 2 atom stereocenters. The molecule has 1 fully saturated rings. The van der Waals surface area contributed by atoms with Gasteiger partial charge in [-0.3, -0.25) is 0 Å². The standard InChI is InChI=1S/C18H36N2O2S/c1-7-8-9-14(12-19-16(21)22-17(2,3)4)20-15-13-23-11-10-18(15,5)6/h14-15,20H,7-13H2,1-6H3,(H,19,21). The number of nitrogens with one attached hydrogen (secondary N) is 2. The van der Waals surface area contributed by atoms with Crippen LogP contribution in [0.5, 0.6) is 0 Å². The van der Waals surface area contributed by atoms with Crippen LogP contribution in [-0.2, 0) is 4.74 Å². The van der Waals surface area contributed by atoms with Gasteiger partial charge in [-0.15, -0.1) is 0 Å². The second-order valence-electron chi connectivity index (χ2n) is 8.25. The van der Waals surface area contributed by atoms with E-state index in [1.165, 1.54) is 25.0 Å². The molecule has 1 saturated heterocycles. The Hall–Kier alpha value is -0.420. The first-order valence-electron chi connectivity index (χ1n) is 8.94. The van der Waals surface area contributed by atoms with Crippen molar-refractivity contribution in [2.45, 2.75) is 84.9 Å². The molecule has 2 unspecified atom stereocenters. The zero-order valence-corrected chi connectivity index (χ0v) is 16.6. The van der Waals surface area contributed by atoms with Crippen LogP contribution in [0.1, 0.15) is 67.2 Å². The van der Waals surface area contributed by atoms with Gasteiger partial charge < -0.3 is 15.4 Å². The van der Waals surface area contributed by atoms with Crippen LogP contribution in [-0.4, -0.2) is 41.8 Å². The monoisotopic (exact) mass is 344 g/mol. The lowest BCUT2D eigenvalue weighted by Crippen LogP contribution is -2.53.